The molecule has 2 heteroatoms. The van der Waals surface area contributed by atoms with Crippen LogP contribution in [0.15, 0.2) is 42.5 Å². The van der Waals surface area contributed by atoms with Crippen LogP contribution in [0.2, 0.25) is 0 Å². The van der Waals surface area contributed by atoms with Crippen LogP contribution in [-0.4, -0.2) is 12.6 Å². The van der Waals surface area contributed by atoms with E-state index in [-0.39, 0.29) is 5.97 Å². The minimum atomic E-state index is -0.269. The van der Waals surface area contributed by atoms with Crippen LogP contribution in [0.25, 0.3) is 11.1 Å². The maximum atomic E-state index is 11.6. The van der Waals surface area contributed by atoms with Crippen LogP contribution in [0.4, 0.5) is 0 Å². The minimum Gasteiger partial charge on any atom is -0.462 e. The molecule has 0 N–H and O–H groups in total. The second kappa shape index (κ2) is 5.70. The molecule has 19 heavy (non-hydrogen) atoms. The first kappa shape index (κ1) is 13.3. The summed E-state index contributed by atoms with van der Waals surface area (Å²) >= 11 is 0. The van der Waals surface area contributed by atoms with E-state index in [9.17, 15) is 4.79 Å². The molecule has 0 fully saturated rings. The Morgan fingerprint density at radius 2 is 1.74 bits per heavy atom. The highest BCUT2D eigenvalue weighted by atomic mass is 16.5. The molecule has 0 saturated heterocycles. The smallest absolute Gasteiger partial charge is 0.338 e. The normalized spacial score (nSPS) is 10.3. The lowest BCUT2D eigenvalue weighted by atomic mass is 9.98. The van der Waals surface area contributed by atoms with E-state index in [1.54, 1.807) is 0 Å². The molecule has 2 aromatic rings. The summed E-state index contributed by atoms with van der Waals surface area (Å²) in [6.45, 7) is 6.38. The molecule has 0 unspecified atom stereocenters. The zero-order valence-corrected chi connectivity index (χ0v) is 11.6. The topological polar surface area (TPSA) is 26.3 Å². The Labute approximate surface area is 114 Å². The molecular weight excluding hydrogens is 236 g/mol. The van der Waals surface area contributed by atoms with Gasteiger partial charge in [-0.05, 0) is 49.6 Å². The molecule has 98 valence electrons. The van der Waals surface area contributed by atoms with Crippen molar-refractivity contribution in [1.29, 1.82) is 0 Å². The SMILES string of the molecule is CCOC(=O)c1ccc(-c2cc(C)ccc2C)cc1. The number of rotatable bonds is 3. The monoisotopic (exact) mass is 254 g/mol. The zero-order valence-electron chi connectivity index (χ0n) is 11.6. The highest BCUT2D eigenvalue weighted by Gasteiger charge is 2.07. The van der Waals surface area contributed by atoms with Gasteiger partial charge in [-0.3, -0.25) is 0 Å². The lowest BCUT2D eigenvalue weighted by Crippen LogP contribution is -2.04. The third kappa shape index (κ3) is 3.02. The van der Waals surface area contributed by atoms with E-state index in [0.29, 0.717) is 12.2 Å². The fourth-order valence-corrected chi connectivity index (χ4v) is 2.05. The molecular formula is C17H18O2. The van der Waals surface area contributed by atoms with Crippen molar-refractivity contribution in [2.45, 2.75) is 20.8 Å². The van der Waals surface area contributed by atoms with Gasteiger partial charge in [0.15, 0.2) is 0 Å². The van der Waals surface area contributed by atoms with E-state index in [1.807, 2.05) is 31.2 Å². The number of hydrogen-bond acceptors (Lipinski definition) is 2. The molecule has 2 nitrogen and oxygen atoms in total. The van der Waals surface area contributed by atoms with Gasteiger partial charge in [0.2, 0.25) is 0 Å². The highest BCUT2D eigenvalue weighted by Crippen LogP contribution is 2.24. The number of aryl methyl sites for hydroxylation is 2. The average Bonchev–Trinajstić information content (AvgIpc) is 2.42. The maximum Gasteiger partial charge on any atom is 0.338 e. The van der Waals surface area contributed by atoms with Gasteiger partial charge >= 0.3 is 5.97 Å². The molecule has 0 aliphatic rings. The standard InChI is InChI=1S/C17H18O2/c1-4-19-17(18)15-9-7-14(8-10-15)16-11-12(2)5-6-13(16)3/h5-11H,4H2,1-3H3. The second-order valence-corrected chi connectivity index (χ2v) is 4.62. The molecule has 0 heterocycles. The minimum absolute atomic E-state index is 0.269. The fourth-order valence-electron chi connectivity index (χ4n) is 2.05. The molecule has 0 saturated carbocycles. The van der Waals surface area contributed by atoms with Crippen molar-refractivity contribution in [3.8, 4) is 11.1 Å². The summed E-state index contributed by atoms with van der Waals surface area (Å²) in [5.74, 6) is -0.269. The molecule has 0 aliphatic heterocycles. The Balaban J connectivity index is 2.32. The van der Waals surface area contributed by atoms with Gasteiger partial charge in [0.05, 0.1) is 12.2 Å². The van der Waals surface area contributed by atoms with Crippen LogP contribution in [0.5, 0.6) is 0 Å². The molecule has 0 radical (unpaired) electrons. The van der Waals surface area contributed by atoms with Gasteiger partial charge in [0, 0.05) is 0 Å². The number of esters is 1. The van der Waals surface area contributed by atoms with Crippen LogP contribution >= 0.6 is 0 Å². The predicted octanol–water partition coefficient (Wildman–Crippen LogP) is 4.15. The Bertz CT molecular complexity index is 583. The van der Waals surface area contributed by atoms with Crippen molar-refractivity contribution in [3.05, 3.63) is 59.2 Å². The zero-order chi connectivity index (χ0) is 13.8. The predicted molar refractivity (Wildman–Crippen MR) is 77.3 cm³/mol. The average molecular weight is 254 g/mol. The van der Waals surface area contributed by atoms with E-state index in [0.717, 1.165) is 5.56 Å². The first-order valence-corrected chi connectivity index (χ1v) is 6.46. The molecule has 2 aromatic carbocycles. The van der Waals surface area contributed by atoms with Crippen molar-refractivity contribution in [2.24, 2.45) is 0 Å². The number of carbonyl (C=O) groups is 1. The molecule has 0 aliphatic carbocycles. The van der Waals surface area contributed by atoms with Gasteiger partial charge in [-0.15, -0.1) is 0 Å². The van der Waals surface area contributed by atoms with Gasteiger partial charge in [-0.1, -0.05) is 35.9 Å². The van der Waals surface area contributed by atoms with E-state index >= 15 is 0 Å². The van der Waals surface area contributed by atoms with Crippen LogP contribution in [0.3, 0.4) is 0 Å². The van der Waals surface area contributed by atoms with Gasteiger partial charge < -0.3 is 4.74 Å². The third-order valence-electron chi connectivity index (χ3n) is 3.10. The third-order valence-corrected chi connectivity index (χ3v) is 3.10. The Kier molecular flexibility index (Phi) is 4.00. The summed E-state index contributed by atoms with van der Waals surface area (Å²) in [6.07, 6.45) is 0. The highest BCUT2D eigenvalue weighted by molar-refractivity contribution is 5.90. The molecule has 2 rings (SSSR count). The first-order valence-electron chi connectivity index (χ1n) is 6.46. The lowest BCUT2D eigenvalue weighted by molar-refractivity contribution is 0.0526. The summed E-state index contributed by atoms with van der Waals surface area (Å²) in [5.41, 5.74) is 5.38. The molecule has 0 bridgehead atoms. The van der Waals surface area contributed by atoms with E-state index in [2.05, 4.69) is 32.0 Å². The van der Waals surface area contributed by atoms with E-state index in [4.69, 9.17) is 4.74 Å². The largest absolute Gasteiger partial charge is 0.462 e. The lowest BCUT2D eigenvalue weighted by Gasteiger charge is -2.08. The van der Waals surface area contributed by atoms with Crippen LogP contribution in [0.1, 0.15) is 28.4 Å². The number of carbonyl (C=O) groups excluding carboxylic acids is 1. The van der Waals surface area contributed by atoms with Crippen LogP contribution < -0.4 is 0 Å². The van der Waals surface area contributed by atoms with Crippen LogP contribution in [0, 0.1) is 13.8 Å². The summed E-state index contributed by atoms with van der Waals surface area (Å²) < 4.78 is 4.98. The van der Waals surface area contributed by atoms with Crippen molar-refractivity contribution in [1.82, 2.24) is 0 Å². The first-order chi connectivity index (χ1) is 9.11. The molecule has 0 amide bonds. The molecule has 0 atom stereocenters. The van der Waals surface area contributed by atoms with Gasteiger partial charge in [-0.2, -0.15) is 0 Å². The van der Waals surface area contributed by atoms with Crippen LogP contribution in [-0.2, 0) is 4.74 Å². The Morgan fingerprint density at radius 3 is 2.37 bits per heavy atom. The molecule has 0 aromatic heterocycles. The fraction of sp³-hybridized carbons (Fsp3) is 0.235. The van der Waals surface area contributed by atoms with Gasteiger partial charge in [0.25, 0.3) is 0 Å². The van der Waals surface area contributed by atoms with Crippen molar-refractivity contribution in [2.75, 3.05) is 6.61 Å². The van der Waals surface area contributed by atoms with Crippen molar-refractivity contribution >= 4 is 5.97 Å². The van der Waals surface area contributed by atoms with Gasteiger partial charge in [-0.25, -0.2) is 4.79 Å². The van der Waals surface area contributed by atoms with Crippen molar-refractivity contribution < 1.29 is 9.53 Å². The van der Waals surface area contributed by atoms with Crippen molar-refractivity contribution in [3.63, 3.8) is 0 Å². The van der Waals surface area contributed by atoms with Gasteiger partial charge in [0.1, 0.15) is 0 Å². The Hall–Kier alpha value is -2.09. The quantitative estimate of drug-likeness (QED) is 0.769. The second-order valence-electron chi connectivity index (χ2n) is 4.62. The van der Waals surface area contributed by atoms with E-state index < -0.39 is 0 Å². The summed E-state index contributed by atoms with van der Waals surface area (Å²) in [6, 6.07) is 13.9. The molecule has 0 spiro atoms. The summed E-state index contributed by atoms with van der Waals surface area (Å²) in [7, 11) is 0. The van der Waals surface area contributed by atoms with E-state index in [1.165, 1.54) is 16.7 Å². The number of hydrogen-bond donors (Lipinski definition) is 0. The number of benzene rings is 2. The maximum absolute atomic E-state index is 11.6. The summed E-state index contributed by atoms with van der Waals surface area (Å²) in [5, 5.41) is 0. The number of ether oxygens (including phenoxy) is 1. The Morgan fingerprint density at radius 1 is 1.05 bits per heavy atom. The summed E-state index contributed by atoms with van der Waals surface area (Å²) in [4.78, 5) is 11.6.